The molecule has 3 aliphatic rings. The number of fused-ring (bicyclic) bond motifs is 2. The van der Waals surface area contributed by atoms with Crippen LogP contribution in [0.5, 0.6) is 0 Å². The van der Waals surface area contributed by atoms with Crippen LogP contribution in [-0.4, -0.2) is 10.7 Å². The molecular weight excluding hydrogens is 196 g/mol. The maximum atomic E-state index is 10.8. The lowest BCUT2D eigenvalue weighted by atomic mass is 9.48. The number of allylic oxidation sites excluding steroid dienone is 1. The lowest BCUT2D eigenvalue weighted by molar-refractivity contribution is -0.146. The highest BCUT2D eigenvalue weighted by Crippen LogP contribution is 2.65. The van der Waals surface area contributed by atoms with Gasteiger partial charge in [-0.1, -0.05) is 26.3 Å². The molecule has 3 rings (SSSR count). The van der Waals surface area contributed by atoms with E-state index in [2.05, 4.69) is 27.7 Å². The van der Waals surface area contributed by atoms with Gasteiger partial charge in [0.05, 0.1) is 5.60 Å². The van der Waals surface area contributed by atoms with Crippen molar-refractivity contribution in [3.05, 3.63) is 11.1 Å². The van der Waals surface area contributed by atoms with Crippen LogP contribution in [0.1, 0.15) is 59.8 Å². The fourth-order valence-corrected chi connectivity index (χ4v) is 4.67. The summed E-state index contributed by atoms with van der Waals surface area (Å²) in [7, 11) is 0. The van der Waals surface area contributed by atoms with Crippen LogP contribution in [-0.2, 0) is 0 Å². The van der Waals surface area contributed by atoms with E-state index < -0.39 is 5.60 Å². The molecule has 16 heavy (non-hydrogen) atoms. The maximum absolute atomic E-state index is 10.8. The maximum Gasteiger partial charge on any atom is 0.0910 e. The Balaban J connectivity index is 2.06. The minimum Gasteiger partial charge on any atom is -0.385 e. The lowest BCUT2D eigenvalue weighted by Crippen LogP contribution is -2.59. The van der Waals surface area contributed by atoms with Crippen molar-refractivity contribution in [3.63, 3.8) is 0 Å². The van der Waals surface area contributed by atoms with E-state index in [4.69, 9.17) is 0 Å². The van der Waals surface area contributed by atoms with Crippen LogP contribution >= 0.6 is 0 Å². The van der Waals surface area contributed by atoms with Crippen molar-refractivity contribution in [3.8, 4) is 0 Å². The molecule has 90 valence electrons. The van der Waals surface area contributed by atoms with Crippen molar-refractivity contribution in [1.82, 2.24) is 0 Å². The first-order valence-electron chi connectivity index (χ1n) is 6.70. The first kappa shape index (κ1) is 10.8. The normalized spacial score (nSPS) is 49.7. The van der Waals surface area contributed by atoms with Gasteiger partial charge in [-0.15, -0.1) is 0 Å². The molecule has 1 heteroatoms. The number of rotatable bonds is 0. The summed E-state index contributed by atoms with van der Waals surface area (Å²) in [5.74, 6) is 0.764. The third-order valence-corrected chi connectivity index (χ3v) is 5.80. The zero-order valence-electron chi connectivity index (χ0n) is 11.1. The van der Waals surface area contributed by atoms with Gasteiger partial charge in [0.2, 0.25) is 0 Å². The summed E-state index contributed by atoms with van der Waals surface area (Å²) >= 11 is 0. The summed E-state index contributed by atoms with van der Waals surface area (Å²) in [6, 6.07) is 0. The third-order valence-electron chi connectivity index (χ3n) is 5.80. The molecule has 3 atom stereocenters. The first-order valence-corrected chi connectivity index (χ1v) is 6.70. The monoisotopic (exact) mass is 220 g/mol. The fourth-order valence-electron chi connectivity index (χ4n) is 4.67. The van der Waals surface area contributed by atoms with E-state index >= 15 is 0 Å². The average Bonchev–Trinajstić information content (AvgIpc) is 2.48. The fraction of sp³-hybridized carbons (Fsp3) is 0.867. The van der Waals surface area contributed by atoms with Crippen LogP contribution in [0.25, 0.3) is 0 Å². The number of hydrogen-bond donors (Lipinski definition) is 1. The van der Waals surface area contributed by atoms with Gasteiger partial charge in [-0.05, 0) is 55.9 Å². The van der Waals surface area contributed by atoms with Gasteiger partial charge in [0.1, 0.15) is 0 Å². The Labute approximate surface area is 98.9 Å². The van der Waals surface area contributed by atoms with Gasteiger partial charge in [0.25, 0.3) is 0 Å². The summed E-state index contributed by atoms with van der Waals surface area (Å²) in [5.41, 5.74) is 3.13. The van der Waals surface area contributed by atoms with Crippen LogP contribution in [0, 0.1) is 16.7 Å². The third kappa shape index (κ3) is 1.11. The summed E-state index contributed by atoms with van der Waals surface area (Å²) in [6.45, 7) is 9.24. The van der Waals surface area contributed by atoms with E-state index in [-0.39, 0.29) is 5.41 Å². The topological polar surface area (TPSA) is 20.2 Å². The van der Waals surface area contributed by atoms with Crippen LogP contribution < -0.4 is 0 Å². The number of hydrogen-bond acceptors (Lipinski definition) is 1. The van der Waals surface area contributed by atoms with E-state index in [1.807, 2.05) is 0 Å². The number of aliphatic hydroxyl groups is 1. The van der Waals surface area contributed by atoms with Crippen LogP contribution in [0.4, 0.5) is 0 Å². The van der Waals surface area contributed by atoms with Gasteiger partial charge in [-0.3, -0.25) is 0 Å². The van der Waals surface area contributed by atoms with E-state index in [0.29, 0.717) is 5.41 Å². The zero-order valence-corrected chi connectivity index (χ0v) is 11.1. The highest BCUT2D eigenvalue weighted by Gasteiger charge is 2.61. The highest BCUT2D eigenvalue weighted by atomic mass is 16.3. The van der Waals surface area contributed by atoms with E-state index in [1.54, 1.807) is 5.57 Å². The molecule has 0 aromatic rings. The predicted octanol–water partition coefficient (Wildman–Crippen LogP) is 3.67. The minimum absolute atomic E-state index is 0.186. The van der Waals surface area contributed by atoms with Gasteiger partial charge in [-0.2, -0.15) is 0 Å². The molecule has 0 aliphatic heterocycles. The molecule has 3 aliphatic carbocycles. The Bertz CT molecular complexity index is 379. The van der Waals surface area contributed by atoms with Gasteiger partial charge >= 0.3 is 0 Å². The van der Waals surface area contributed by atoms with E-state index in [0.717, 1.165) is 12.3 Å². The second-order valence-corrected chi connectivity index (χ2v) is 7.52. The molecule has 2 saturated carbocycles. The summed E-state index contributed by atoms with van der Waals surface area (Å²) < 4.78 is 0. The van der Waals surface area contributed by atoms with Crippen LogP contribution in [0.3, 0.4) is 0 Å². The second kappa shape index (κ2) is 2.75. The largest absolute Gasteiger partial charge is 0.385 e. The summed E-state index contributed by atoms with van der Waals surface area (Å²) in [5, 5.41) is 10.8. The molecule has 1 nitrogen and oxygen atoms in total. The molecule has 1 N–H and O–H groups in total. The van der Waals surface area contributed by atoms with Crippen molar-refractivity contribution < 1.29 is 5.11 Å². The Morgan fingerprint density at radius 3 is 2.38 bits per heavy atom. The van der Waals surface area contributed by atoms with Crippen molar-refractivity contribution in [2.45, 2.75) is 65.4 Å². The Hall–Kier alpha value is -0.300. The summed E-state index contributed by atoms with van der Waals surface area (Å²) in [6.07, 6.45) is 5.96. The molecule has 0 unspecified atom stereocenters. The van der Waals surface area contributed by atoms with Gasteiger partial charge in [0.15, 0.2) is 0 Å². The molecule has 2 fully saturated rings. The van der Waals surface area contributed by atoms with Crippen LogP contribution in [0.15, 0.2) is 11.1 Å². The molecule has 0 amide bonds. The van der Waals surface area contributed by atoms with Gasteiger partial charge in [0, 0.05) is 5.41 Å². The van der Waals surface area contributed by atoms with Crippen molar-refractivity contribution >= 4 is 0 Å². The molecule has 0 saturated heterocycles. The standard InChI is InChI=1S/C15H24O/c1-10-12-9-13(2,3)7-11(12)8-14(4)5-6-15(10,14)16/h11,16H,5-9H2,1-4H3/t11-,14-,15-/m0/s1. The van der Waals surface area contributed by atoms with Crippen molar-refractivity contribution in [1.29, 1.82) is 0 Å². The SMILES string of the molecule is CC1=C2CC(C)(C)C[C@H]2C[C@]2(C)CC[C@]12O. The first-order chi connectivity index (χ1) is 7.28. The van der Waals surface area contributed by atoms with Crippen LogP contribution in [0.2, 0.25) is 0 Å². The quantitative estimate of drug-likeness (QED) is 0.617. The van der Waals surface area contributed by atoms with E-state index in [1.165, 1.54) is 31.3 Å². The lowest BCUT2D eigenvalue weighted by Gasteiger charge is -2.59. The smallest absolute Gasteiger partial charge is 0.0910 e. The minimum atomic E-state index is -0.445. The predicted molar refractivity (Wildman–Crippen MR) is 66.1 cm³/mol. The Morgan fingerprint density at radius 1 is 1.12 bits per heavy atom. The molecule has 0 heterocycles. The molecule has 0 spiro atoms. The molecule has 0 aromatic heterocycles. The zero-order chi connectivity index (χ0) is 11.8. The summed E-state index contributed by atoms with van der Waals surface area (Å²) in [4.78, 5) is 0. The van der Waals surface area contributed by atoms with Gasteiger partial charge in [-0.25, -0.2) is 0 Å². The molecule has 0 aromatic carbocycles. The average molecular weight is 220 g/mol. The molecular formula is C15H24O. The van der Waals surface area contributed by atoms with Crippen molar-refractivity contribution in [2.24, 2.45) is 16.7 Å². The highest BCUT2D eigenvalue weighted by molar-refractivity contribution is 5.38. The molecule has 0 radical (unpaired) electrons. The van der Waals surface area contributed by atoms with E-state index in [9.17, 15) is 5.11 Å². The molecule has 0 bridgehead atoms. The van der Waals surface area contributed by atoms with Crippen molar-refractivity contribution in [2.75, 3.05) is 0 Å². The Morgan fingerprint density at radius 2 is 1.81 bits per heavy atom. The second-order valence-electron chi connectivity index (χ2n) is 7.52. The Kier molecular flexibility index (Phi) is 1.86. The van der Waals surface area contributed by atoms with Gasteiger partial charge < -0.3 is 5.11 Å².